The number of H-pyrrole nitrogens is 1. The Morgan fingerprint density at radius 3 is 2.68 bits per heavy atom. The number of halogens is 1. The summed E-state index contributed by atoms with van der Waals surface area (Å²) in [4.78, 5) is 3.16. The van der Waals surface area contributed by atoms with Crippen LogP contribution in [0.2, 0.25) is 5.02 Å². The Morgan fingerprint density at radius 2 is 1.89 bits per heavy atom. The Labute approximate surface area is 116 Å². The second kappa shape index (κ2) is 4.41. The molecule has 1 atom stereocenters. The fraction of sp³-hybridized carbons (Fsp3) is 0.125. The highest BCUT2D eigenvalue weighted by molar-refractivity contribution is 6.30. The second-order valence-corrected chi connectivity index (χ2v) is 5.26. The molecule has 3 heteroatoms. The molecular weight excluding hydrogens is 258 g/mol. The molecule has 1 heterocycles. The van der Waals surface area contributed by atoms with Gasteiger partial charge in [-0.1, -0.05) is 35.9 Å². The van der Waals surface area contributed by atoms with Crippen LogP contribution < -0.4 is 0 Å². The topological polar surface area (TPSA) is 36.0 Å². The smallest absolute Gasteiger partial charge is 0.112 e. The normalized spacial score (nSPS) is 14.5. The predicted molar refractivity (Wildman–Crippen MR) is 78.4 cm³/mol. The molecule has 0 aliphatic carbocycles. The first-order valence-electron chi connectivity index (χ1n) is 6.14. The van der Waals surface area contributed by atoms with Crippen molar-refractivity contribution < 1.29 is 5.11 Å². The summed E-state index contributed by atoms with van der Waals surface area (Å²) < 4.78 is 0. The van der Waals surface area contributed by atoms with Gasteiger partial charge in [0.05, 0.1) is 0 Å². The molecule has 0 saturated carbocycles. The van der Waals surface area contributed by atoms with Crippen molar-refractivity contribution in [3.05, 3.63) is 70.9 Å². The molecule has 0 spiro atoms. The quantitative estimate of drug-likeness (QED) is 0.724. The Kier molecular flexibility index (Phi) is 2.85. The van der Waals surface area contributed by atoms with Gasteiger partial charge in [0, 0.05) is 22.1 Å². The van der Waals surface area contributed by atoms with Gasteiger partial charge < -0.3 is 10.1 Å². The van der Waals surface area contributed by atoms with E-state index in [2.05, 4.69) is 4.98 Å². The molecule has 2 N–H and O–H groups in total. The summed E-state index contributed by atoms with van der Waals surface area (Å²) >= 11 is 6.02. The van der Waals surface area contributed by atoms with Crippen molar-refractivity contribution in [2.45, 2.75) is 12.5 Å². The largest absolute Gasteiger partial charge is 0.381 e. The summed E-state index contributed by atoms with van der Waals surface area (Å²) in [5.74, 6) is 0. The maximum absolute atomic E-state index is 10.9. The number of nitrogens with one attached hydrogen (secondary N) is 1. The molecule has 1 aromatic heterocycles. The Morgan fingerprint density at radius 1 is 1.11 bits per heavy atom. The van der Waals surface area contributed by atoms with Gasteiger partial charge in [-0.05, 0) is 42.3 Å². The fourth-order valence-electron chi connectivity index (χ4n) is 2.46. The van der Waals surface area contributed by atoms with Crippen molar-refractivity contribution in [1.29, 1.82) is 0 Å². The van der Waals surface area contributed by atoms with Crippen LogP contribution >= 0.6 is 11.6 Å². The molecule has 1 unspecified atom stereocenters. The zero-order chi connectivity index (χ0) is 13.5. The molecule has 0 radical (unpaired) electrons. The average molecular weight is 272 g/mol. The summed E-state index contributed by atoms with van der Waals surface area (Å²) in [5.41, 5.74) is 1.59. The van der Waals surface area contributed by atoms with Crippen molar-refractivity contribution in [3.8, 4) is 0 Å². The maximum atomic E-state index is 10.9. The van der Waals surface area contributed by atoms with Crippen LogP contribution in [0.25, 0.3) is 10.9 Å². The summed E-state index contributed by atoms with van der Waals surface area (Å²) in [6.45, 7) is 1.79. The number of hydrogen-bond acceptors (Lipinski definition) is 1. The van der Waals surface area contributed by atoms with Gasteiger partial charge in [0.2, 0.25) is 0 Å². The number of benzene rings is 2. The van der Waals surface area contributed by atoms with E-state index in [-0.39, 0.29) is 0 Å². The van der Waals surface area contributed by atoms with Crippen molar-refractivity contribution in [2.24, 2.45) is 0 Å². The van der Waals surface area contributed by atoms with Crippen LogP contribution in [0.15, 0.2) is 54.7 Å². The van der Waals surface area contributed by atoms with Gasteiger partial charge in [-0.15, -0.1) is 0 Å². The van der Waals surface area contributed by atoms with E-state index in [1.165, 1.54) is 0 Å². The Hall–Kier alpha value is -1.77. The van der Waals surface area contributed by atoms with Crippen molar-refractivity contribution in [1.82, 2.24) is 4.98 Å². The number of aromatic nitrogens is 1. The van der Waals surface area contributed by atoms with Gasteiger partial charge in [0.25, 0.3) is 0 Å². The summed E-state index contributed by atoms with van der Waals surface area (Å²) in [6, 6.07) is 15.2. The predicted octanol–water partition coefficient (Wildman–Crippen LogP) is 4.08. The van der Waals surface area contributed by atoms with E-state index < -0.39 is 5.60 Å². The molecule has 0 amide bonds. The van der Waals surface area contributed by atoms with E-state index in [0.29, 0.717) is 5.02 Å². The maximum Gasteiger partial charge on any atom is 0.112 e. The highest BCUT2D eigenvalue weighted by Gasteiger charge is 2.27. The fourth-order valence-corrected chi connectivity index (χ4v) is 2.65. The third-order valence-corrected chi connectivity index (χ3v) is 3.74. The summed E-state index contributed by atoms with van der Waals surface area (Å²) in [7, 11) is 0. The van der Waals surface area contributed by atoms with Crippen LogP contribution in [0, 0.1) is 0 Å². The number of aliphatic hydroxyl groups is 1. The van der Waals surface area contributed by atoms with Crippen molar-refractivity contribution in [2.75, 3.05) is 0 Å². The van der Waals surface area contributed by atoms with E-state index in [1.54, 1.807) is 19.1 Å². The zero-order valence-corrected chi connectivity index (χ0v) is 11.3. The Balaban J connectivity index is 2.21. The highest BCUT2D eigenvalue weighted by atomic mass is 35.5. The standard InChI is InChI=1S/C16H14ClNO/c1-16(19,11-4-2-5-12(17)10-11)14-6-3-7-15-13(14)8-9-18-15/h2-10,18-19H,1H3. The molecule has 96 valence electrons. The first-order valence-corrected chi connectivity index (χ1v) is 6.52. The van der Waals surface area contributed by atoms with Gasteiger partial charge in [-0.25, -0.2) is 0 Å². The molecule has 0 bridgehead atoms. The van der Waals surface area contributed by atoms with E-state index in [9.17, 15) is 5.11 Å². The average Bonchev–Trinajstić information content (AvgIpc) is 2.86. The SMILES string of the molecule is CC(O)(c1cccc(Cl)c1)c1cccc2[nH]ccc12. The zero-order valence-electron chi connectivity index (χ0n) is 10.5. The van der Waals surface area contributed by atoms with Crippen LogP contribution in [0.4, 0.5) is 0 Å². The molecule has 0 fully saturated rings. The molecule has 2 aromatic carbocycles. The molecule has 0 aliphatic heterocycles. The Bertz CT molecular complexity index is 730. The van der Waals surface area contributed by atoms with Crippen molar-refractivity contribution in [3.63, 3.8) is 0 Å². The van der Waals surface area contributed by atoms with Gasteiger partial charge in [-0.3, -0.25) is 0 Å². The number of fused-ring (bicyclic) bond motifs is 1. The number of aromatic amines is 1. The van der Waals surface area contributed by atoms with Gasteiger partial charge in [-0.2, -0.15) is 0 Å². The lowest BCUT2D eigenvalue weighted by molar-refractivity contribution is 0.104. The van der Waals surface area contributed by atoms with Gasteiger partial charge in [0.1, 0.15) is 5.60 Å². The lowest BCUT2D eigenvalue weighted by atomic mass is 9.86. The van der Waals surface area contributed by atoms with E-state index in [4.69, 9.17) is 11.6 Å². The van der Waals surface area contributed by atoms with E-state index >= 15 is 0 Å². The molecule has 19 heavy (non-hydrogen) atoms. The highest BCUT2D eigenvalue weighted by Crippen LogP contribution is 2.34. The third-order valence-electron chi connectivity index (χ3n) is 3.51. The lowest BCUT2D eigenvalue weighted by Crippen LogP contribution is -2.22. The van der Waals surface area contributed by atoms with Crippen LogP contribution in [0.1, 0.15) is 18.1 Å². The van der Waals surface area contributed by atoms with Gasteiger partial charge >= 0.3 is 0 Å². The van der Waals surface area contributed by atoms with Crippen LogP contribution in [-0.4, -0.2) is 10.1 Å². The van der Waals surface area contributed by atoms with E-state index in [0.717, 1.165) is 22.0 Å². The van der Waals surface area contributed by atoms with Gasteiger partial charge in [0.15, 0.2) is 0 Å². The van der Waals surface area contributed by atoms with E-state index in [1.807, 2.05) is 42.6 Å². The lowest BCUT2D eigenvalue weighted by Gasteiger charge is -2.25. The minimum absolute atomic E-state index is 0.624. The number of hydrogen-bond donors (Lipinski definition) is 2. The third kappa shape index (κ3) is 2.03. The minimum atomic E-state index is -1.08. The van der Waals surface area contributed by atoms with Crippen LogP contribution in [0.3, 0.4) is 0 Å². The summed E-state index contributed by atoms with van der Waals surface area (Å²) in [6.07, 6.45) is 1.88. The minimum Gasteiger partial charge on any atom is -0.381 e. The molecule has 3 rings (SSSR count). The molecule has 0 saturated heterocycles. The summed E-state index contributed by atoms with van der Waals surface area (Å²) in [5, 5.41) is 12.6. The van der Waals surface area contributed by atoms with Crippen LogP contribution in [0.5, 0.6) is 0 Å². The first kappa shape index (κ1) is 12.3. The monoisotopic (exact) mass is 271 g/mol. The number of rotatable bonds is 2. The molecular formula is C16H14ClNO. The van der Waals surface area contributed by atoms with Crippen molar-refractivity contribution >= 4 is 22.5 Å². The van der Waals surface area contributed by atoms with Crippen LogP contribution in [-0.2, 0) is 5.60 Å². The molecule has 0 aliphatic rings. The molecule has 2 nitrogen and oxygen atoms in total. The molecule has 3 aromatic rings. The first-order chi connectivity index (χ1) is 9.09. The second-order valence-electron chi connectivity index (χ2n) is 4.83.